The zero-order chi connectivity index (χ0) is 11.4. The largest absolute Gasteiger partial charge is 0.399 e. The van der Waals surface area contributed by atoms with Gasteiger partial charge in [-0.15, -0.1) is 0 Å². The van der Waals surface area contributed by atoms with E-state index in [0.717, 1.165) is 16.9 Å². The molecule has 1 amide bonds. The summed E-state index contributed by atoms with van der Waals surface area (Å²) in [6.07, 6.45) is 0. The van der Waals surface area contributed by atoms with Crippen molar-refractivity contribution in [2.75, 3.05) is 18.1 Å². The minimum Gasteiger partial charge on any atom is -0.399 e. The molecular weight excluding hydrogens is 190 g/mol. The zero-order valence-electron chi connectivity index (χ0n) is 9.29. The molecule has 0 saturated heterocycles. The van der Waals surface area contributed by atoms with Crippen LogP contribution in [0.15, 0.2) is 18.2 Å². The summed E-state index contributed by atoms with van der Waals surface area (Å²) in [6.45, 7) is 3.75. The van der Waals surface area contributed by atoms with Crippen molar-refractivity contribution in [1.29, 1.82) is 0 Å². The lowest BCUT2D eigenvalue weighted by atomic mass is 10.1. The molecule has 0 aromatic heterocycles. The topological polar surface area (TPSA) is 67.2 Å². The summed E-state index contributed by atoms with van der Waals surface area (Å²) < 4.78 is 0. The standard InChI is InChI=1S/C11H17N3O/c1-7-6-9(4-5-10(7)12)14-8(2)11(15)13-3/h4-6,8,14H,12H2,1-3H3,(H,13,15). The predicted molar refractivity (Wildman–Crippen MR) is 62.7 cm³/mol. The van der Waals surface area contributed by atoms with Gasteiger partial charge in [0, 0.05) is 18.4 Å². The number of carbonyl (C=O) groups is 1. The maximum atomic E-state index is 11.3. The van der Waals surface area contributed by atoms with Gasteiger partial charge in [-0.3, -0.25) is 4.79 Å². The lowest BCUT2D eigenvalue weighted by Gasteiger charge is -2.14. The second kappa shape index (κ2) is 4.68. The van der Waals surface area contributed by atoms with Crippen molar-refractivity contribution in [3.05, 3.63) is 23.8 Å². The Morgan fingerprint density at radius 1 is 1.47 bits per heavy atom. The van der Waals surface area contributed by atoms with Crippen LogP contribution in [-0.2, 0) is 4.79 Å². The number of nitrogens with one attached hydrogen (secondary N) is 2. The first-order chi connectivity index (χ1) is 7.04. The molecule has 1 rings (SSSR count). The normalized spacial score (nSPS) is 11.9. The van der Waals surface area contributed by atoms with Crippen molar-refractivity contribution in [2.45, 2.75) is 19.9 Å². The van der Waals surface area contributed by atoms with E-state index in [-0.39, 0.29) is 11.9 Å². The summed E-state index contributed by atoms with van der Waals surface area (Å²) in [4.78, 5) is 11.3. The highest BCUT2D eigenvalue weighted by Crippen LogP contribution is 2.17. The molecule has 0 aliphatic carbocycles. The Morgan fingerprint density at radius 3 is 2.67 bits per heavy atom. The second-order valence-corrected chi connectivity index (χ2v) is 3.55. The summed E-state index contributed by atoms with van der Waals surface area (Å²) in [6, 6.07) is 5.36. The average Bonchev–Trinajstić information content (AvgIpc) is 2.22. The van der Waals surface area contributed by atoms with Crippen LogP contribution in [0.4, 0.5) is 11.4 Å². The van der Waals surface area contributed by atoms with Gasteiger partial charge in [0.2, 0.25) is 5.91 Å². The third-order valence-corrected chi connectivity index (χ3v) is 2.29. The van der Waals surface area contributed by atoms with E-state index < -0.39 is 0 Å². The molecule has 0 aliphatic heterocycles. The van der Waals surface area contributed by atoms with Crippen molar-refractivity contribution in [3.8, 4) is 0 Å². The molecule has 4 nitrogen and oxygen atoms in total. The summed E-state index contributed by atoms with van der Waals surface area (Å²) in [5, 5.41) is 5.68. The number of nitrogen functional groups attached to an aromatic ring is 1. The second-order valence-electron chi connectivity index (χ2n) is 3.55. The van der Waals surface area contributed by atoms with Crippen LogP contribution in [-0.4, -0.2) is 19.0 Å². The molecule has 0 fully saturated rings. The van der Waals surface area contributed by atoms with E-state index in [2.05, 4.69) is 10.6 Å². The Morgan fingerprint density at radius 2 is 2.13 bits per heavy atom. The van der Waals surface area contributed by atoms with Crippen molar-refractivity contribution >= 4 is 17.3 Å². The Bertz CT molecular complexity index is 363. The smallest absolute Gasteiger partial charge is 0.241 e. The molecule has 4 heteroatoms. The Hall–Kier alpha value is -1.71. The first kappa shape index (κ1) is 11.4. The van der Waals surface area contributed by atoms with Crippen LogP contribution in [0, 0.1) is 6.92 Å². The van der Waals surface area contributed by atoms with E-state index in [1.54, 1.807) is 7.05 Å². The van der Waals surface area contributed by atoms with Crippen LogP contribution in [0.2, 0.25) is 0 Å². The van der Waals surface area contributed by atoms with E-state index in [0.29, 0.717) is 0 Å². The fraction of sp³-hybridized carbons (Fsp3) is 0.364. The van der Waals surface area contributed by atoms with Gasteiger partial charge in [0.25, 0.3) is 0 Å². The van der Waals surface area contributed by atoms with Gasteiger partial charge in [0.1, 0.15) is 6.04 Å². The lowest BCUT2D eigenvalue weighted by Crippen LogP contribution is -2.35. The highest BCUT2D eigenvalue weighted by atomic mass is 16.2. The number of nitrogens with two attached hydrogens (primary N) is 1. The number of likely N-dealkylation sites (N-methyl/N-ethyl adjacent to an activating group) is 1. The molecule has 1 unspecified atom stereocenters. The first-order valence-corrected chi connectivity index (χ1v) is 4.89. The van der Waals surface area contributed by atoms with E-state index in [1.807, 2.05) is 32.0 Å². The fourth-order valence-corrected chi connectivity index (χ4v) is 1.30. The predicted octanol–water partition coefficient (Wildman–Crippen LogP) is 1.12. The number of hydrogen-bond donors (Lipinski definition) is 3. The minimum absolute atomic E-state index is 0.0375. The summed E-state index contributed by atoms with van der Waals surface area (Å²) >= 11 is 0. The van der Waals surface area contributed by atoms with E-state index in [4.69, 9.17) is 5.73 Å². The van der Waals surface area contributed by atoms with Gasteiger partial charge < -0.3 is 16.4 Å². The lowest BCUT2D eigenvalue weighted by molar-refractivity contribution is -0.121. The summed E-state index contributed by atoms with van der Waals surface area (Å²) in [5.41, 5.74) is 8.36. The van der Waals surface area contributed by atoms with Crippen LogP contribution >= 0.6 is 0 Å². The number of carbonyl (C=O) groups excluding carboxylic acids is 1. The Balaban J connectivity index is 2.73. The molecule has 1 atom stereocenters. The number of hydrogen-bond acceptors (Lipinski definition) is 3. The molecule has 15 heavy (non-hydrogen) atoms. The molecule has 0 aliphatic rings. The van der Waals surface area contributed by atoms with Gasteiger partial charge in [-0.2, -0.15) is 0 Å². The number of aryl methyl sites for hydroxylation is 1. The number of anilines is 2. The van der Waals surface area contributed by atoms with Gasteiger partial charge in [-0.25, -0.2) is 0 Å². The van der Waals surface area contributed by atoms with Crippen LogP contribution in [0.25, 0.3) is 0 Å². The molecule has 0 radical (unpaired) electrons. The first-order valence-electron chi connectivity index (χ1n) is 4.89. The van der Waals surface area contributed by atoms with Crippen LogP contribution < -0.4 is 16.4 Å². The maximum absolute atomic E-state index is 11.3. The number of rotatable bonds is 3. The number of amides is 1. The molecule has 0 heterocycles. The third-order valence-electron chi connectivity index (χ3n) is 2.29. The summed E-state index contributed by atoms with van der Waals surface area (Å²) in [5.74, 6) is -0.0375. The van der Waals surface area contributed by atoms with Crippen molar-refractivity contribution in [2.24, 2.45) is 0 Å². The van der Waals surface area contributed by atoms with Crippen molar-refractivity contribution in [1.82, 2.24) is 5.32 Å². The van der Waals surface area contributed by atoms with Gasteiger partial charge in [0.05, 0.1) is 0 Å². The zero-order valence-corrected chi connectivity index (χ0v) is 9.29. The Kier molecular flexibility index (Phi) is 3.55. The maximum Gasteiger partial charge on any atom is 0.241 e. The fourth-order valence-electron chi connectivity index (χ4n) is 1.30. The molecule has 0 saturated carbocycles. The Labute approximate surface area is 89.9 Å². The SMILES string of the molecule is CNC(=O)C(C)Nc1ccc(N)c(C)c1. The van der Waals surface area contributed by atoms with Gasteiger partial charge in [0.15, 0.2) is 0 Å². The highest BCUT2D eigenvalue weighted by molar-refractivity contribution is 5.84. The van der Waals surface area contributed by atoms with E-state index in [1.165, 1.54) is 0 Å². The van der Waals surface area contributed by atoms with Gasteiger partial charge in [-0.05, 0) is 37.6 Å². The highest BCUT2D eigenvalue weighted by Gasteiger charge is 2.10. The molecule has 4 N–H and O–H groups in total. The van der Waals surface area contributed by atoms with Crippen molar-refractivity contribution < 1.29 is 4.79 Å². The molecule has 1 aromatic carbocycles. The van der Waals surface area contributed by atoms with E-state index >= 15 is 0 Å². The van der Waals surface area contributed by atoms with Crippen LogP contribution in [0.5, 0.6) is 0 Å². The molecule has 82 valence electrons. The van der Waals surface area contributed by atoms with E-state index in [9.17, 15) is 4.79 Å². The average molecular weight is 207 g/mol. The molecule has 0 spiro atoms. The summed E-state index contributed by atoms with van der Waals surface area (Å²) in [7, 11) is 1.62. The van der Waals surface area contributed by atoms with Gasteiger partial charge in [-0.1, -0.05) is 0 Å². The third kappa shape index (κ3) is 2.87. The number of benzene rings is 1. The van der Waals surface area contributed by atoms with Crippen LogP contribution in [0.1, 0.15) is 12.5 Å². The minimum atomic E-state index is -0.252. The van der Waals surface area contributed by atoms with Gasteiger partial charge >= 0.3 is 0 Å². The van der Waals surface area contributed by atoms with Crippen LogP contribution in [0.3, 0.4) is 0 Å². The molecule has 0 bridgehead atoms. The quantitative estimate of drug-likeness (QED) is 0.651. The monoisotopic (exact) mass is 207 g/mol. The van der Waals surface area contributed by atoms with Crippen molar-refractivity contribution in [3.63, 3.8) is 0 Å². The molecular formula is C11H17N3O. The molecule has 1 aromatic rings.